The predicted molar refractivity (Wildman–Crippen MR) is 62.6 cm³/mol. The van der Waals surface area contributed by atoms with Crippen LogP contribution in [-0.4, -0.2) is 54.2 Å². The van der Waals surface area contributed by atoms with Gasteiger partial charge in [-0.25, -0.2) is 4.79 Å². The summed E-state index contributed by atoms with van der Waals surface area (Å²) in [4.78, 5) is 33.1. The van der Waals surface area contributed by atoms with Crippen LogP contribution in [0.3, 0.4) is 0 Å². The van der Waals surface area contributed by atoms with Gasteiger partial charge >= 0.3 is 11.9 Å². The third-order valence-electron chi connectivity index (χ3n) is 1.87. The zero-order valence-corrected chi connectivity index (χ0v) is 10.5. The second kappa shape index (κ2) is 7.91. The van der Waals surface area contributed by atoms with Crippen LogP contribution in [0.25, 0.3) is 0 Å². The summed E-state index contributed by atoms with van der Waals surface area (Å²) in [5.41, 5.74) is 5.35. The highest BCUT2D eigenvalue weighted by molar-refractivity contribution is 7.98. The molecule has 0 bridgehead atoms. The van der Waals surface area contributed by atoms with E-state index in [1.807, 2.05) is 0 Å². The zero-order chi connectivity index (χ0) is 13.4. The highest BCUT2D eigenvalue weighted by atomic mass is 32.2. The lowest BCUT2D eigenvalue weighted by Gasteiger charge is -2.17. The van der Waals surface area contributed by atoms with Gasteiger partial charge in [-0.05, 0) is 6.26 Å². The number of thioether (sulfide) groups is 1. The summed E-state index contributed by atoms with van der Waals surface area (Å²) in [6.45, 7) is 0. The van der Waals surface area contributed by atoms with Crippen LogP contribution in [0.2, 0.25) is 0 Å². The Bertz CT molecular complexity index is 297. The summed E-state index contributed by atoms with van der Waals surface area (Å²) in [5, 5.41) is 10.8. The standard InChI is InChI=1S/C9H16N2O5S/c1-16-9(15)6(4-17-2)11-8(14)5(10)3-7(12)13/h5-6H,3-4,10H2,1-2H3,(H,11,14)(H,12,13)/t5-,6-/m0/s1. The molecule has 1 amide bonds. The zero-order valence-electron chi connectivity index (χ0n) is 9.63. The average molecular weight is 264 g/mol. The quantitative estimate of drug-likeness (QED) is 0.495. The number of carboxylic acid groups (broad SMARTS) is 1. The summed E-state index contributed by atoms with van der Waals surface area (Å²) in [6.07, 6.45) is 1.28. The number of carboxylic acids is 1. The van der Waals surface area contributed by atoms with Crippen molar-refractivity contribution in [2.75, 3.05) is 19.1 Å². The van der Waals surface area contributed by atoms with E-state index in [1.54, 1.807) is 6.26 Å². The van der Waals surface area contributed by atoms with Crippen LogP contribution in [-0.2, 0) is 19.1 Å². The summed E-state index contributed by atoms with van der Waals surface area (Å²) in [5.74, 6) is -2.11. The minimum atomic E-state index is -1.18. The Morgan fingerprint density at radius 1 is 1.47 bits per heavy atom. The van der Waals surface area contributed by atoms with Gasteiger partial charge < -0.3 is 20.9 Å². The smallest absolute Gasteiger partial charge is 0.329 e. The van der Waals surface area contributed by atoms with Crippen molar-refractivity contribution >= 4 is 29.6 Å². The molecule has 4 N–H and O–H groups in total. The number of nitrogens with two attached hydrogens (primary N) is 1. The maximum atomic E-state index is 11.5. The van der Waals surface area contributed by atoms with Gasteiger partial charge in [0, 0.05) is 5.75 Å². The van der Waals surface area contributed by atoms with Crippen molar-refractivity contribution in [2.45, 2.75) is 18.5 Å². The number of hydrogen-bond acceptors (Lipinski definition) is 6. The molecule has 0 spiro atoms. The maximum absolute atomic E-state index is 11.5. The molecule has 0 aliphatic heterocycles. The van der Waals surface area contributed by atoms with E-state index in [0.717, 1.165) is 0 Å². The number of aliphatic carboxylic acids is 1. The molecule has 0 saturated heterocycles. The van der Waals surface area contributed by atoms with Gasteiger partial charge in [0.25, 0.3) is 0 Å². The largest absolute Gasteiger partial charge is 0.481 e. The molecule has 0 unspecified atom stereocenters. The van der Waals surface area contributed by atoms with Crippen molar-refractivity contribution in [1.82, 2.24) is 5.32 Å². The van der Waals surface area contributed by atoms with Gasteiger partial charge in [0.15, 0.2) is 0 Å². The minimum absolute atomic E-state index is 0.332. The highest BCUT2D eigenvalue weighted by Gasteiger charge is 2.24. The minimum Gasteiger partial charge on any atom is -0.481 e. The molecule has 0 rings (SSSR count). The Hall–Kier alpha value is -1.28. The van der Waals surface area contributed by atoms with Gasteiger partial charge in [-0.3, -0.25) is 9.59 Å². The number of esters is 1. The van der Waals surface area contributed by atoms with E-state index in [0.29, 0.717) is 5.75 Å². The Morgan fingerprint density at radius 3 is 2.47 bits per heavy atom. The summed E-state index contributed by atoms with van der Waals surface area (Å²) >= 11 is 1.35. The SMILES string of the molecule is COC(=O)[C@H](CSC)NC(=O)[C@@H](N)CC(=O)O. The second-order valence-electron chi connectivity index (χ2n) is 3.24. The number of rotatable bonds is 7. The van der Waals surface area contributed by atoms with Gasteiger partial charge in [-0.15, -0.1) is 0 Å². The van der Waals surface area contributed by atoms with Crippen LogP contribution < -0.4 is 11.1 Å². The predicted octanol–water partition coefficient (Wildman–Crippen LogP) is -1.19. The van der Waals surface area contributed by atoms with Gasteiger partial charge in [-0.2, -0.15) is 11.8 Å². The van der Waals surface area contributed by atoms with E-state index in [1.165, 1.54) is 18.9 Å². The first-order valence-electron chi connectivity index (χ1n) is 4.76. The Balaban J connectivity index is 4.39. The number of ether oxygens (including phenoxy) is 1. The van der Waals surface area contributed by atoms with E-state index in [2.05, 4.69) is 10.1 Å². The second-order valence-corrected chi connectivity index (χ2v) is 4.15. The van der Waals surface area contributed by atoms with Crippen molar-refractivity contribution in [2.24, 2.45) is 5.73 Å². The first-order valence-corrected chi connectivity index (χ1v) is 6.16. The maximum Gasteiger partial charge on any atom is 0.329 e. The van der Waals surface area contributed by atoms with Gasteiger partial charge in [0.2, 0.25) is 5.91 Å². The van der Waals surface area contributed by atoms with Gasteiger partial charge in [0.1, 0.15) is 6.04 Å². The van der Waals surface area contributed by atoms with Crippen molar-refractivity contribution in [3.05, 3.63) is 0 Å². The molecular formula is C9H16N2O5S. The molecule has 0 fully saturated rings. The first kappa shape index (κ1) is 15.7. The Kier molecular flexibility index (Phi) is 7.31. The van der Waals surface area contributed by atoms with Gasteiger partial charge in [0.05, 0.1) is 19.6 Å². The Labute approximate surface area is 103 Å². The molecule has 98 valence electrons. The lowest BCUT2D eigenvalue weighted by atomic mass is 10.2. The molecule has 0 aromatic carbocycles. The third-order valence-corrected chi connectivity index (χ3v) is 2.53. The van der Waals surface area contributed by atoms with Crippen LogP contribution in [0.1, 0.15) is 6.42 Å². The molecule has 0 saturated carbocycles. The molecule has 2 atom stereocenters. The van der Waals surface area contributed by atoms with Crippen molar-refractivity contribution in [3.63, 3.8) is 0 Å². The molecule has 0 radical (unpaired) electrons. The van der Waals surface area contributed by atoms with E-state index >= 15 is 0 Å². The van der Waals surface area contributed by atoms with E-state index in [-0.39, 0.29) is 0 Å². The van der Waals surface area contributed by atoms with Crippen LogP contribution in [0.15, 0.2) is 0 Å². The normalized spacial score (nSPS) is 13.6. The molecule has 0 heterocycles. The summed E-state index contributed by atoms with van der Waals surface area (Å²) < 4.78 is 4.50. The van der Waals surface area contributed by atoms with Crippen molar-refractivity contribution < 1.29 is 24.2 Å². The molecule has 0 aromatic heterocycles. The number of carbonyl (C=O) groups is 3. The fourth-order valence-corrected chi connectivity index (χ4v) is 1.59. The van der Waals surface area contributed by atoms with Crippen LogP contribution in [0, 0.1) is 0 Å². The van der Waals surface area contributed by atoms with E-state index in [9.17, 15) is 14.4 Å². The molecule has 8 heteroatoms. The Morgan fingerprint density at radius 2 is 2.06 bits per heavy atom. The average Bonchev–Trinajstić information content (AvgIpc) is 2.26. The molecule has 0 aliphatic carbocycles. The van der Waals surface area contributed by atoms with E-state index in [4.69, 9.17) is 10.8 Å². The topological polar surface area (TPSA) is 119 Å². The van der Waals surface area contributed by atoms with Crippen molar-refractivity contribution in [3.8, 4) is 0 Å². The van der Waals surface area contributed by atoms with Crippen LogP contribution >= 0.6 is 11.8 Å². The number of amides is 1. The van der Waals surface area contributed by atoms with Crippen molar-refractivity contribution in [1.29, 1.82) is 0 Å². The highest BCUT2D eigenvalue weighted by Crippen LogP contribution is 2.00. The van der Waals surface area contributed by atoms with Crippen LogP contribution in [0.5, 0.6) is 0 Å². The fourth-order valence-electron chi connectivity index (χ4n) is 1.04. The van der Waals surface area contributed by atoms with Crippen LogP contribution in [0.4, 0.5) is 0 Å². The molecule has 0 aliphatic rings. The monoisotopic (exact) mass is 264 g/mol. The first-order chi connectivity index (χ1) is 7.92. The third kappa shape index (κ3) is 6.12. The fraction of sp³-hybridized carbons (Fsp3) is 0.667. The summed E-state index contributed by atoms with van der Waals surface area (Å²) in [7, 11) is 1.21. The van der Waals surface area contributed by atoms with Gasteiger partial charge in [-0.1, -0.05) is 0 Å². The molecule has 17 heavy (non-hydrogen) atoms. The molecule has 0 aromatic rings. The number of carbonyl (C=O) groups excluding carboxylic acids is 2. The lowest BCUT2D eigenvalue weighted by Crippen LogP contribution is -2.50. The summed E-state index contributed by atoms with van der Waals surface area (Å²) in [6, 6.07) is -2.00. The molecule has 7 nitrogen and oxygen atoms in total. The lowest BCUT2D eigenvalue weighted by molar-refractivity contribution is -0.144. The van der Waals surface area contributed by atoms with E-state index < -0.39 is 36.4 Å². The number of methoxy groups -OCH3 is 1. The number of hydrogen-bond donors (Lipinski definition) is 3. The molecular weight excluding hydrogens is 248 g/mol. The number of nitrogens with one attached hydrogen (secondary N) is 1.